The number of nitrogens with one attached hydrogen (secondary N) is 1. The van der Waals surface area contributed by atoms with Gasteiger partial charge in [-0.1, -0.05) is 30.7 Å². The average molecular weight is 334 g/mol. The van der Waals surface area contributed by atoms with Crippen molar-refractivity contribution in [3.8, 4) is 0 Å². The van der Waals surface area contributed by atoms with Crippen molar-refractivity contribution < 1.29 is 13.2 Å². The van der Waals surface area contributed by atoms with Crippen LogP contribution < -0.4 is 5.32 Å². The van der Waals surface area contributed by atoms with Crippen LogP contribution in [0.15, 0.2) is 24.3 Å². The molecule has 1 aromatic carbocycles. The molecule has 0 aliphatic heterocycles. The number of hydrogen-bond acceptors (Lipinski definition) is 4. The van der Waals surface area contributed by atoms with Crippen LogP contribution in [-0.2, 0) is 14.6 Å². The van der Waals surface area contributed by atoms with E-state index in [1.165, 1.54) is 0 Å². The number of benzene rings is 1. The fraction of sp³-hybridized carbons (Fsp3) is 0.600. The molecule has 1 rings (SSSR count). The van der Waals surface area contributed by atoms with Gasteiger partial charge in [0, 0.05) is 31.0 Å². The highest BCUT2D eigenvalue weighted by atomic mass is 35.5. The zero-order valence-corrected chi connectivity index (χ0v) is 14.2. The second kappa shape index (κ2) is 9.41. The minimum Gasteiger partial charge on any atom is -0.383 e. The summed E-state index contributed by atoms with van der Waals surface area (Å²) in [4.78, 5) is 0. The van der Waals surface area contributed by atoms with Gasteiger partial charge in [0.1, 0.15) is 9.84 Å². The van der Waals surface area contributed by atoms with Gasteiger partial charge in [-0.05, 0) is 30.0 Å². The molecule has 21 heavy (non-hydrogen) atoms. The maximum Gasteiger partial charge on any atom is 0.150 e. The van der Waals surface area contributed by atoms with E-state index in [-0.39, 0.29) is 17.4 Å². The number of rotatable bonds is 10. The molecule has 120 valence electrons. The van der Waals surface area contributed by atoms with Gasteiger partial charge >= 0.3 is 0 Å². The lowest BCUT2D eigenvalue weighted by Crippen LogP contribution is -2.26. The van der Waals surface area contributed by atoms with Crippen LogP contribution in [0.2, 0.25) is 5.02 Å². The lowest BCUT2D eigenvalue weighted by molar-refractivity contribution is 0.199. The molecule has 0 radical (unpaired) electrons. The first kappa shape index (κ1) is 18.4. The molecular formula is C15H24ClNO3S. The van der Waals surface area contributed by atoms with Gasteiger partial charge < -0.3 is 10.1 Å². The van der Waals surface area contributed by atoms with Crippen LogP contribution in [0, 0.1) is 0 Å². The summed E-state index contributed by atoms with van der Waals surface area (Å²) >= 11 is 5.91. The Morgan fingerprint density at radius 2 is 1.95 bits per heavy atom. The Balaban J connectivity index is 2.67. The maximum absolute atomic E-state index is 11.7. The highest BCUT2D eigenvalue weighted by molar-refractivity contribution is 7.91. The van der Waals surface area contributed by atoms with Gasteiger partial charge in [-0.3, -0.25) is 0 Å². The van der Waals surface area contributed by atoms with Crippen molar-refractivity contribution in [3.63, 3.8) is 0 Å². The minimum absolute atomic E-state index is 0.153. The molecule has 1 aromatic rings. The average Bonchev–Trinajstić information content (AvgIpc) is 2.48. The van der Waals surface area contributed by atoms with E-state index in [1.807, 2.05) is 24.3 Å². The highest BCUT2D eigenvalue weighted by Gasteiger charge is 2.16. The van der Waals surface area contributed by atoms with Crippen LogP contribution in [0.3, 0.4) is 0 Å². The lowest BCUT2D eigenvalue weighted by Gasteiger charge is -2.18. The summed E-state index contributed by atoms with van der Waals surface area (Å²) in [6.45, 7) is 3.80. The Labute approximate surface area is 132 Å². The van der Waals surface area contributed by atoms with E-state index in [9.17, 15) is 8.42 Å². The van der Waals surface area contributed by atoms with Gasteiger partial charge in [-0.2, -0.15) is 0 Å². The number of ether oxygens (including phenoxy) is 1. The van der Waals surface area contributed by atoms with Crippen molar-refractivity contribution in [2.45, 2.75) is 19.3 Å². The number of halogens is 1. The van der Waals surface area contributed by atoms with Gasteiger partial charge in [-0.15, -0.1) is 0 Å². The Kier molecular flexibility index (Phi) is 8.26. The fourth-order valence-corrected chi connectivity index (χ4v) is 3.10. The topological polar surface area (TPSA) is 55.4 Å². The van der Waals surface area contributed by atoms with Crippen LogP contribution in [0.4, 0.5) is 0 Å². The second-order valence-corrected chi connectivity index (χ2v) is 7.88. The van der Waals surface area contributed by atoms with Gasteiger partial charge in [0.05, 0.1) is 12.4 Å². The minimum atomic E-state index is -2.94. The van der Waals surface area contributed by atoms with Gasteiger partial charge in [0.2, 0.25) is 0 Å². The van der Waals surface area contributed by atoms with E-state index in [1.54, 1.807) is 14.0 Å². The van der Waals surface area contributed by atoms with Crippen LogP contribution in [0.5, 0.6) is 0 Å². The molecule has 0 saturated heterocycles. The van der Waals surface area contributed by atoms with E-state index >= 15 is 0 Å². The van der Waals surface area contributed by atoms with Crippen molar-refractivity contribution in [2.24, 2.45) is 0 Å². The Bertz CT molecular complexity index is 502. The zero-order chi connectivity index (χ0) is 15.7. The Morgan fingerprint density at radius 3 is 2.52 bits per heavy atom. The number of hydrogen-bond donors (Lipinski definition) is 1. The normalized spacial score (nSPS) is 13.3. The largest absolute Gasteiger partial charge is 0.383 e. The molecule has 1 unspecified atom stereocenters. The summed E-state index contributed by atoms with van der Waals surface area (Å²) in [5, 5.41) is 3.99. The number of sulfone groups is 1. The quantitative estimate of drug-likeness (QED) is 0.668. The van der Waals surface area contributed by atoms with Crippen molar-refractivity contribution >= 4 is 21.4 Å². The molecule has 0 aromatic heterocycles. The molecule has 0 spiro atoms. The van der Waals surface area contributed by atoms with Crippen molar-refractivity contribution in [2.75, 3.05) is 38.3 Å². The molecule has 0 aliphatic rings. The lowest BCUT2D eigenvalue weighted by atomic mass is 9.96. The molecular weight excluding hydrogens is 310 g/mol. The molecule has 0 heterocycles. The first-order valence-corrected chi connectivity index (χ1v) is 9.34. The van der Waals surface area contributed by atoms with E-state index in [0.717, 1.165) is 18.7 Å². The third-order valence-electron chi connectivity index (χ3n) is 3.43. The summed E-state index contributed by atoms with van der Waals surface area (Å²) < 4.78 is 28.4. The SMILES string of the molecule is CCS(=O)(=O)CCC(CNCCOC)c1ccc(Cl)cc1. The first-order valence-electron chi connectivity index (χ1n) is 7.14. The predicted octanol–water partition coefficient (Wildman–Crippen LogP) is 2.48. The third-order valence-corrected chi connectivity index (χ3v) is 5.42. The summed E-state index contributed by atoms with van der Waals surface area (Å²) in [5.74, 6) is 0.556. The molecule has 0 bridgehead atoms. The van der Waals surface area contributed by atoms with Crippen LogP contribution in [0.25, 0.3) is 0 Å². The summed E-state index contributed by atoms with van der Waals surface area (Å²) in [7, 11) is -1.29. The molecule has 0 aliphatic carbocycles. The van der Waals surface area contributed by atoms with Crippen molar-refractivity contribution in [1.82, 2.24) is 5.32 Å². The summed E-state index contributed by atoms with van der Waals surface area (Å²) in [6, 6.07) is 7.61. The molecule has 1 atom stereocenters. The molecule has 1 N–H and O–H groups in total. The zero-order valence-electron chi connectivity index (χ0n) is 12.6. The van der Waals surface area contributed by atoms with Crippen LogP contribution >= 0.6 is 11.6 Å². The molecule has 0 fully saturated rings. The van der Waals surface area contributed by atoms with Gasteiger partial charge in [0.25, 0.3) is 0 Å². The van der Waals surface area contributed by atoms with Crippen molar-refractivity contribution in [3.05, 3.63) is 34.9 Å². The highest BCUT2D eigenvalue weighted by Crippen LogP contribution is 2.22. The van der Waals surface area contributed by atoms with Gasteiger partial charge in [-0.25, -0.2) is 8.42 Å². The molecule has 4 nitrogen and oxygen atoms in total. The summed E-state index contributed by atoms with van der Waals surface area (Å²) in [5.41, 5.74) is 1.11. The summed E-state index contributed by atoms with van der Waals surface area (Å²) in [6.07, 6.45) is 0.609. The molecule has 0 saturated carbocycles. The van der Waals surface area contributed by atoms with E-state index in [2.05, 4.69) is 5.32 Å². The fourth-order valence-electron chi connectivity index (χ4n) is 2.04. The third kappa shape index (κ3) is 7.27. The first-order chi connectivity index (χ1) is 9.98. The number of methoxy groups -OCH3 is 1. The van der Waals surface area contributed by atoms with Crippen LogP contribution in [0.1, 0.15) is 24.8 Å². The maximum atomic E-state index is 11.7. The standard InChI is InChI=1S/C15H24ClNO3S/c1-3-21(18,19)11-8-14(12-17-9-10-20-2)13-4-6-15(16)7-5-13/h4-7,14,17H,3,8-12H2,1-2H3. The Morgan fingerprint density at radius 1 is 1.29 bits per heavy atom. The van der Waals surface area contributed by atoms with Gasteiger partial charge in [0.15, 0.2) is 0 Å². The second-order valence-electron chi connectivity index (χ2n) is 4.97. The van der Waals surface area contributed by atoms with E-state index in [0.29, 0.717) is 18.1 Å². The van der Waals surface area contributed by atoms with E-state index in [4.69, 9.17) is 16.3 Å². The van der Waals surface area contributed by atoms with Crippen molar-refractivity contribution in [1.29, 1.82) is 0 Å². The smallest absolute Gasteiger partial charge is 0.150 e. The monoisotopic (exact) mass is 333 g/mol. The van der Waals surface area contributed by atoms with Crippen LogP contribution in [-0.4, -0.2) is 46.7 Å². The molecule has 0 amide bonds. The van der Waals surface area contributed by atoms with E-state index < -0.39 is 9.84 Å². The predicted molar refractivity (Wildman–Crippen MR) is 87.9 cm³/mol. The Hall–Kier alpha value is -0.620. The molecule has 6 heteroatoms.